The fourth-order valence-corrected chi connectivity index (χ4v) is 2.86. The summed E-state index contributed by atoms with van der Waals surface area (Å²) in [7, 11) is 0. The molecule has 0 aliphatic carbocycles. The highest BCUT2D eigenvalue weighted by molar-refractivity contribution is 5.72. The Balaban J connectivity index is 3.40. The van der Waals surface area contributed by atoms with Gasteiger partial charge in [0.15, 0.2) is 0 Å². The molecule has 0 radical (unpaired) electrons. The minimum atomic E-state index is 0.533. The summed E-state index contributed by atoms with van der Waals surface area (Å²) in [4.78, 5) is 0. The Morgan fingerprint density at radius 1 is 1.12 bits per heavy atom. The van der Waals surface area contributed by atoms with E-state index in [0.29, 0.717) is 5.92 Å². The number of hydrogen-bond donors (Lipinski definition) is 0. The summed E-state index contributed by atoms with van der Waals surface area (Å²) in [5, 5.41) is 0. The van der Waals surface area contributed by atoms with Gasteiger partial charge in [0.1, 0.15) is 0 Å². The van der Waals surface area contributed by atoms with E-state index in [1.807, 2.05) is 13.0 Å². The molecule has 0 spiro atoms. The lowest BCUT2D eigenvalue weighted by Crippen LogP contribution is -2.00. The largest absolute Gasteiger partial charge is 0.0984 e. The molecule has 1 aromatic rings. The molecule has 0 N–H and O–H groups in total. The molecule has 0 fully saturated rings. The molecule has 0 saturated heterocycles. The lowest BCUT2D eigenvalue weighted by molar-refractivity contribution is 0.649. The van der Waals surface area contributed by atoms with Gasteiger partial charge in [-0.05, 0) is 48.0 Å². The monoisotopic (exact) mass is 320 g/mol. The molecule has 1 unspecified atom stereocenters. The molecule has 0 bridgehead atoms. The van der Waals surface area contributed by atoms with E-state index >= 15 is 0 Å². The molecule has 0 saturated carbocycles. The van der Waals surface area contributed by atoms with Crippen LogP contribution in [0.2, 0.25) is 0 Å². The second kappa shape index (κ2) is 11.5. The van der Waals surface area contributed by atoms with Crippen LogP contribution in [-0.2, 0) is 0 Å². The molecule has 128 valence electrons. The maximum atomic E-state index is 4.01. The van der Waals surface area contributed by atoms with Crippen LogP contribution in [0.15, 0.2) is 84.5 Å². The van der Waals surface area contributed by atoms with Gasteiger partial charge >= 0.3 is 0 Å². The van der Waals surface area contributed by atoms with Crippen LogP contribution in [0.25, 0.3) is 5.57 Å². The first-order chi connectivity index (χ1) is 11.7. The molecule has 1 atom stereocenters. The summed E-state index contributed by atoms with van der Waals surface area (Å²) in [6, 6.07) is 10.7. The minimum Gasteiger partial charge on any atom is -0.0984 e. The average Bonchev–Trinajstić information content (AvgIpc) is 2.60. The van der Waals surface area contributed by atoms with Crippen LogP contribution in [0.4, 0.5) is 0 Å². The van der Waals surface area contributed by atoms with E-state index in [4.69, 9.17) is 0 Å². The third-order valence-corrected chi connectivity index (χ3v) is 4.12. The molecule has 0 nitrogen and oxygen atoms in total. The van der Waals surface area contributed by atoms with Gasteiger partial charge in [0.05, 0.1) is 0 Å². The molecule has 0 aliphatic rings. The van der Waals surface area contributed by atoms with E-state index in [-0.39, 0.29) is 0 Å². The van der Waals surface area contributed by atoms with Crippen LogP contribution < -0.4 is 0 Å². The molecule has 0 amide bonds. The van der Waals surface area contributed by atoms with Crippen molar-refractivity contribution in [2.75, 3.05) is 0 Å². The Bertz CT molecular complexity index is 609. The number of allylic oxidation sites excluding steroid dienone is 9. The fraction of sp³-hybridized carbons (Fsp3) is 0.333. The second-order valence-electron chi connectivity index (χ2n) is 6.08. The van der Waals surface area contributed by atoms with Gasteiger partial charge < -0.3 is 0 Å². The van der Waals surface area contributed by atoms with Gasteiger partial charge in [-0.1, -0.05) is 101 Å². The zero-order valence-corrected chi connectivity index (χ0v) is 15.8. The lowest BCUT2D eigenvalue weighted by Gasteiger charge is -2.17. The van der Waals surface area contributed by atoms with Gasteiger partial charge in [-0.25, -0.2) is 0 Å². The highest BCUT2D eigenvalue weighted by Gasteiger charge is 2.11. The molecule has 0 aliphatic heterocycles. The zero-order chi connectivity index (χ0) is 17.8. The average molecular weight is 321 g/mol. The first-order valence-electron chi connectivity index (χ1n) is 9.10. The van der Waals surface area contributed by atoms with Crippen molar-refractivity contribution in [2.45, 2.75) is 47.0 Å². The minimum absolute atomic E-state index is 0.533. The van der Waals surface area contributed by atoms with E-state index in [9.17, 15) is 0 Å². The lowest BCUT2D eigenvalue weighted by atomic mass is 9.87. The Morgan fingerprint density at radius 2 is 1.83 bits per heavy atom. The van der Waals surface area contributed by atoms with Crippen LogP contribution >= 0.6 is 0 Å². The van der Waals surface area contributed by atoms with Crippen LogP contribution in [0.3, 0.4) is 0 Å². The van der Waals surface area contributed by atoms with E-state index < -0.39 is 0 Å². The summed E-state index contributed by atoms with van der Waals surface area (Å²) in [5.41, 5.74) is 5.15. The van der Waals surface area contributed by atoms with Crippen LogP contribution in [0.5, 0.6) is 0 Å². The predicted molar refractivity (Wildman–Crippen MR) is 110 cm³/mol. The fourth-order valence-electron chi connectivity index (χ4n) is 2.86. The van der Waals surface area contributed by atoms with E-state index in [2.05, 4.69) is 88.1 Å². The third-order valence-electron chi connectivity index (χ3n) is 4.12. The first kappa shape index (κ1) is 20.0. The number of rotatable bonds is 9. The number of benzene rings is 1. The van der Waals surface area contributed by atoms with Crippen molar-refractivity contribution in [2.24, 2.45) is 5.92 Å². The highest BCUT2D eigenvalue weighted by Crippen LogP contribution is 2.30. The van der Waals surface area contributed by atoms with Gasteiger partial charge in [0.2, 0.25) is 0 Å². The van der Waals surface area contributed by atoms with Crippen molar-refractivity contribution in [1.29, 1.82) is 0 Å². The molecule has 1 aromatic carbocycles. The van der Waals surface area contributed by atoms with Gasteiger partial charge in [0, 0.05) is 0 Å². The van der Waals surface area contributed by atoms with Gasteiger partial charge in [-0.15, -0.1) is 0 Å². The Kier molecular flexibility index (Phi) is 9.53. The molecular weight excluding hydrogens is 288 g/mol. The first-order valence-corrected chi connectivity index (χ1v) is 9.10. The maximum Gasteiger partial charge on any atom is -0.0184 e. The summed E-state index contributed by atoms with van der Waals surface area (Å²) < 4.78 is 0. The van der Waals surface area contributed by atoms with Crippen LogP contribution in [0.1, 0.15) is 52.5 Å². The molecule has 1 rings (SSSR count). The van der Waals surface area contributed by atoms with E-state index in [0.717, 1.165) is 6.42 Å². The van der Waals surface area contributed by atoms with E-state index in [1.54, 1.807) is 0 Å². The molecule has 0 heteroatoms. The molecule has 24 heavy (non-hydrogen) atoms. The van der Waals surface area contributed by atoms with Crippen molar-refractivity contribution < 1.29 is 0 Å². The summed E-state index contributed by atoms with van der Waals surface area (Å²) in [6.07, 6.45) is 16.3. The molecule has 0 heterocycles. The Hall–Kier alpha value is -2.08. The van der Waals surface area contributed by atoms with Crippen molar-refractivity contribution in [3.8, 4) is 0 Å². The summed E-state index contributed by atoms with van der Waals surface area (Å²) in [6.45, 7) is 12.8. The topological polar surface area (TPSA) is 0 Å². The standard InChI is InChI=1S/C24H32/c1-6-10-16-21(9-4)23(15-8-3)19-24(20(5)14-7-2)22-17-12-11-13-18-22/h6,9-13,15-20H,4,7-8,14H2,1-3,5H3/b10-6-,21-16+,23-15?,24-19+. The Morgan fingerprint density at radius 3 is 2.38 bits per heavy atom. The van der Waals surface area contributed by atoms with Gasteiger partial charge in [0.25, 0.3) is 0 Å². The zero-order valence-electron chi connectivity index (χ0n) is 15.8. The highest BCUT2D eigenvalue weighted by atomic mass is 14.2. The van der Waals surface area contributed by atoms with Crippen LogP contribution in [0, 0.1) is 5.92 Å². The van der Waals surface area contributed by atoms with Crippen molar-refractivity contribution >= 4 is 5.57 Å². The van der Waals surface area contributed by atoms with E-state index in [1.165, 1.54) is 35.1 Å². The summed E-state index contributed by atoms with van der Waals surface area (Å²) in [5.74, 6) is 0.533. The van der Waals surface area contributed by atoms with Gasteiger partial charge in [-0.2, -0.15) is 0 Å². The van der Waals surface area contributed by atoms with Gasteiger partial charge in [-0.3, -0.25) is 0 Å². The van der Waals surface area contributed by atoms with Crippen molar-refractivity contribution in [1.82, 2.24) is 0 Å². The Labute approximate surface area is 149 Å². The second-order valence-corrected chi connectivity index (χ2v) is 6.08. The maximum absolute atomic E-state index is 4.01. The SMILES string of the molecule is C=C/C(=C\C=C/C)C(=CCC)/C=C(/c1ccccc1)C(C)CCC. The number of hydrogen-bond acceptors (Lipinski definition) is 0. The van der Waals surface area contributed by atoms with Crippen molar-refractivity contribution in [3.05, 3.63) is 90.1 Å². The van der Waals surface area contributed by atoms with Crippen molar-refractivity contribution in [3.63, 3.8) is 0 Å². The molecule has 0 aromatic heterocycles. The third kappa shape index (κ3) is 6.20. The normalized spacial score (nSPS) is 14.9. The predicted octanol–water partition coefficient (Wildman–Crippen LogP) is 7.53. The van der Waals surface area contributed by atoms with Crippen LogP contribution in [-0.4, -0.2) is 0 Å². The summed E-state index contributed by atoms with van der Waals surface area (Å²) >= 11 is 0. The smallest absolute Gasteiger partial charge is 0.0184 e. The molecular formula is C24H32. The quantitative estimate of drug-likeness (QED) is 0.412.